The predicted octanol–water partition coefficient (Wildman–Crippen LogP) is 1.22. The van der Waals surface area contributed by atoms with E-state index in [4.69, 9.17) is 0 Å². The molecule has 1 heterocycles. The standard InChI is InChI=1S/C21H30N4O5S/c1-15-7-2-3-10-18(15)24-21(28)20(27)22-14-19(26)23-16-8-6-9-17(13-16)31(29,30)25-11-4-5-12-25/h6,8-9,13,15,18H,2-5,7,10-12,14H2,1H3,(H,22,27)(H,23,26)(H,24,28). The molecule has 2 aliphatic rings. The number of carbonyl (C=O) groups excluding carboxylic acids is 3. The monoisotopic (exact) mass is 450 g/mol. The fourth-order valence-electron chi connectivity index (χ4n) is 4.02. The molecule has 1 aliphatic carbocycles. The second kappa shape index (κ2) is 10.2. The van der Waals surface area contributed by atoms with E-state index in [0.29, 0.717) is 24.7 Å². The predicted molar refractivity (Wildman–Crippen MR) is 116 cm³/mol. The van der Waals surface area contributed by atoms with Gasteiger partial charge in [0.05, 0.1) is 11.4 Å². The highest BCUT2D eigenvalue weighted by Gasteiger charge is 2.28. The molecule has 10 heteroatoms. The van der Waals surface area contributed by atoms with E-state index in [9.17, 15) is 22.8 Å². The van der Waals surface area contributed by atoms with Gasteiger partial charge in [-0.3, -0.25) is 14.4 Å². The fraction of sp³-hybridized carbons (Fsp3) is 0.571. The molecule has 2 unspecified atom stereocenters. The summed E-state index contributed by atoms with van der Waals surface area (Å²) in [6.07, 6.45) is 5.68. The van der Waals surface area contributed by atoms with Crippen molar-refractivity contribution in [2.75, 3.05) is 25.0 Å². The summed E-state index contributed by atoms with van der Waals surface area (Å²) in [4.78, 5) is 36.4. The van der Waals surface area contributed by atoms with E-state index < -0.39 is 34.3 Å². The van der Waals surface area contributed by atoms with Gasteiger partial charge in [-0.2, -0.15) is 4.31 Å². The molecule has 1 saturated carbocycles. The summed E-state index contributed by atoms with van der Waals surface area (Å²) in [6.45, 7) is 2.64. The molecule has 3 amide bonds. The van der Waals surface area contributed by atoms with Gasteiger partial charge in [0.1, 0.15) is 0 Å². The van der Waals surface area contributed by atoms with Gasteiger partial charge in [0.15, 0.2) is 0 Å². The van der Waals surface area contributed by atoms with Crippen molar-refractivity contribution in [3.8, 4) is 0 Å². The average Bonchev–Trinajstić information content (AvgIpc) is 3.29. The summed E-state index contributed by atoms with van der Waals surface area (Å²) < 4.78 is 26.8. The first kappa shape index (κ1) is 23.2. The maximum atomic E-state index is 12.7. The molecule has 170 valence electrons. The molecule has 1 aliphatic heterocycles. The van der Waals surface area contributed by atoms with Crippen LogP contribution in [-0.2, 0) is 24.4 Å². The van der Waals surface area contributed by atoms with Gasteiger partial charge < -0.3 is 16.0 Å². The molecule has 31 heavy (non-hydrogen) atoms. The zero-order valence-electron chi connectivity index (χ0n) is 17.7. The molecule has 0 bridgehead atoms. The number of rotatable bonds is 6. The van der Waals surface area contributed by atoms with Gasteiger partial charge in [-0.15, -0.1) is 0 Å². The molecule has 0 aromatic heterocycles. The summed E-state index contributed by atoms with van der Waals surface area (Å²) in [5.74, 6) is -1.84. The van der Waals surface area contributed by atoms with Crippen LogP contribution in [0.2, 0.25) is 0 Å². The van der Waals surface area contributed by atoms with Gasteiger partial charge in [0.2, 0.25) is 15.9 Å². The number of hydrogen-bond donors (Lipinski definition) is 3. The zero-order valence-corrected chi connectivity index (χ0v) is 18.5. The highest BCUT2D eigenvalue weighted by molar-refractivity contribution is 7.89. The van der Waals surface area contributed by atoms with Crippen molar-refractivity contribution in [2.24, 2.45) is 5.92 Å². The van der Waals surface area contributed by atoms with E-state index in [2.05, 4.69) is 16.0 Å². The van der Waals surface area contributed by atoms with E-state index in [1.165, 1.54) is 16.4 Å². The van der Waals surface area contributed by atoms with Crippen molar-refractivity contribution in [3.05, 3.63) is 24.3 Å². The largest absolute Gasteiger partial charge is 0.345 e. The fourth-order valence-corrected chi connectivity index (χ4v) is 5.59. The van der Waals surface area contributed by atoms with Gasteiger partial charge in [-0.1, -0.05) is 25.8 Å². The third-order valence-electron chi connectivity index (χ3n) is 5.86. The SMILES string of the molecule is CC1CCCCC1NC(=O)C(=O)NCC(=O)Nc1cccc(S(=O)(=O)N2CCCC2)c1. The van der Waals surface area contributed by atoms with Crippen molar-refractivity contribution in [3.63, 3.8) is 0 Å². The minimum Gasteiger partial charge on any atom is -0.345 e. The minimum absolute atomic E-state index is 0.0267. The van der Waals surface area contributed by atoms with E-state index in [-0.39, 0.29) is 10.9 Å². The molecule has 1 aromatic carbocycles. The molecule has 2 atom stereocenters. The Morgan fingerprint density at radius 1 is 1.03 bits per heavy atom. The Morgan fingerprint density at radius 2 is 1.74 bits per heavy atom. The summed E-state index contributed by atoms with van der Waals surface area (Å²) in [7, 11) is -3.59. The van der Waals surface area contributed by atoms with Crippen LogP contribution in [-0.4, -0.2) is 56.1 Å². The van der Waals surface area contributed by atoms with Gasteiger partial charge in [0, 0.05) is 24.8 Å². The zero-order chi connectivity index (χ0) is 22.4. The van der Waals surface area contributed by atoms with Gasteiger partial charge in [-0.05, 0) is 49.8 Å². The van der Waals surface area contributed by atoms with Crippen molar-refractivity contribution < 1.29 is 22.8 Å². The first-order chi connectivity index (χ1) is 14.8. The van der Waals surface area contributed by atoms with Gasteiger partial charge >= 0.3 is 11.8 Å². The number of hydrogen-bond acceptors (Lipinski definition) is 5. The maximum Gasteiger partial charge on any atom is 0.309 e. The molecule has 1 aromatic rings. The Hall–Kier alpha value is -2.46. The third-order valence-corrected chi connectivity index (χ3v) is 7.76. The van der Waals surface area contributed by atoms with Crippen LogP contribution in [0.15, 0.2) is 29.2 Å². The first-order valence-electron chi connectivity index (χ1n) is 10.8. The van der Waals surface area contributed by atoms with E-state index in [0.717, 1.165) is 38.5 Å². The second-order valence-corrected chi connectivity index (χ2v) is 10.1. The molecule has 1 saturated heterocycles. The lowest BCUT2D eigenvalue weighted by Crippen LogP contribution is -2.48. The maximum absolute atomic E-state index is 12.7. The summed E-state index contributed by atoms with van der Waals surface area (Å²) in [5, 5.41) is 7.60. The Kier molecular flexibility index (Phi) is 7.66. The lowest BCUT2D eigenvalue weighted by Gasteiger charge is -2.29. The lowest BCUT2D eigenvalue weighted by atomic mass is 9.86. The van der Waals surface area contributed by atoms with Crippen LogP contribution in [0.1, 0.15) is 45.4 Å². The van der Waals surface area contributed by atoms with Crippen LogP contribution in [0.4, 0.5) is 5.69 Å². The molecule has 2 fully saturated rings. The molecule has 0 radical (unpaired) electrons. The molecule has 0 spiro atoms. The Morgan fingerprint density at radius 3 is 2.45 bits per heavy atom. The number of sulfonamides is 1. The highest BCUT2D eigenvalue weighted by Crippen LogP contribution is 2.24. The molecule has 3 rings (SSSR count). The Labute approximate surface area is 183 Å². The Balaban J connectivity index is 1.50. The second-order valence-electron chi connectivity index (χ2n) is 8.21. The van der Waals surface area contributed by atoms with Crippen LogP contribution in [0.25, 0.3) is 0 Å². The first-order valence-corrected chi connectivity index (χ1v) is 12.2. The average molecular weight is 451 g/mol. The van der Waals surface area contributed by atoms with Crippen LogP contribution in [0.3, 0.4) is 0 Å². The van der Waals surface area contributed by atoms with Crippen LogP contribution in [0.5, 0.6) is 0 Å². The molecular weight excluding hydrogens is 420 g/mol. The Bertz CT molecular complexity index is 927. The highest BCUT2D eigenvalue weighted by atomic mass is 32.2. The molecule has 9 nitrogen and oxygen atoms in total. The van der Waals surface area contributed by atoms with E-state index >= 15 is 0 Å². The molecule has 3 N–H and O–H groups in total. The quantitative estimate of drug-likeness (QED) is 0.562. The van der Waals surface area contributed by atoms with Gasteiger partial charge in [-0.25, -0.2) is 8.42 Å². The number of benzene rings is 1. The van der Waals surface area contributed by atoms with Crippen LogP contribution in [0, 0.1) is 5.92 Å². The number of nitrogens with one attached hydrogen (secondary N) is 3. The van der Waals surface area contributed by atoms with E-state index in [1.807, 2.05) is 6.92 Å². The van der Waals surface area contributed by atoms with E-state index in [1.54, 1.807) is 12.1 Å². The van der Waals surface area contributed by atoms with Crippen molar-refractivity contribution >= 4 is 33.4 Å². The smallest absolute Gasteiger partial charge is 0.309 e. The summed E-state index contributed by atoms with van der Waals surface area (Å²) in [6, 6.07) is 5.98. The third kappa shape index (κ3) is 6.04. The van der Waals surface area contributed by atoms with Crippen LogP contribution >= 0.6 is 0 Å². The van der Waals surface area contributed by atoms with Crippen LogP contribution < -0.4 is 16.0 Å². The molecular formula is C21H30N4O5S. The van der Waals surface area contributed by atoms with Crippen molar-refractivity contribution in [1.82, 2.24) is 14.9 Å². The summed E-state index contributed by atoms with van der Waals surface area (Å²) >= 11 is 0. The number of carbonyl (C=O) groups is 3. The number of anilines is 1. The lowest BCUT2D eigenvalue weighted by molar-refractivity contribution is -0.140. The summed E-state index contributed by atoms with van der Waals surface area (Å²) in [5.41, 5.74) is 0.306. The number of amides is 3. The van der Waals surface area contributed by atoms with Gasteiger partial charge in [0.25, 0.3) is 0 Å². The minimum atomic E-state index is -3.59. The van der Waals surface area contributed by atoms with Crippen molar-refractivity contribution in [2.45, 2.75) is 56.4 Å². The number of nitrogens with zero attached hydrogens (tertiary/aromatic N) is 1. The topological polar surface area (TPSA) is 125 Å². The normalized spacial score (nSPS) is 22.0. The van der Waals surface area contributed by atoms with Crippen molar-refractivity contribution in [1.29, 1.82) is 0 Å².